The number of nitrogens with one attached hydrogen (secondary N) is 1. The molecule has 1 heterocycles. The second-order valence-electron chi connectivity index (χ2n) is 6.52. The number of rotatable bonds is 6. The van der Waals surface area contributed by atoms with Gasteiger partial charge >= 0.3 is 0 Å². The second-order valence-corrected chi connectivity index (χ2v) is 6.52. The Bertz CT molecular complexity index is 357. The molecule has 5 nitrogen and oxygen atoms in total. The highest BCUT2D eigenvalue weighted by molar-refractivity contribution is 5.87. The highest BCUT2D eigenvalue weighted by atomic mass is 16.2. The van der Waals surface area contributed by atoms with E-state index in [0.717, 1.165) is 25.8 Å². The maximum absolute atomic E-state index is 12.4. The van der Waals surface area contributed by atoms with Gasteiger partial charge in [0.25, 0.3) is 0 Å². The van der Waals surface area contributed by atoms with Crippen LogP contribution in [0.15, 0.2) is 0 Å². The molecule has 0 saturated carbocycles. The molecular weight excluding hydrogens is 266 g/mol. The fourth-order valence-electron chi connectivity index (χ4n) is 2.82. The summed E-state index contributed by atoms with van der Waals surface area (Å²) >= 11 is 0. The van der Waals surface area contributed by atoms with Gasteiger partial charge < -0.3 is 16.0 Å². The fraction of sp³-hybridized carbons (Fsp3) is 0.875. The number of hydrogen-bond donors (Lipinski definition) is 2. The van der Waals surface area contributed by atoms with Crippen LogP contribution in [-0.2, 0) is 9.59 Å². The van der Waals surface area contributed by atoms with Gasteiger partial charge in [-0.15, -0.1) is 0 Å². The lowest BCUT2D eigenvalue weighted by molar-refractivity contribution is -0.137. The van der Waals surface area contributed by atoms with E-state index in [1.54, 1.807) is 0 Å². The summed E-state index contributed by atoms with van der Waals surface area (Å²) in [6.07, 6.45) is 4.38. The van der Waals surface area contributed by atoms with Gasteiger partial charge in [-0.25, -0.2) is 0 Å². The number of likely N-dealkylation sites (tertiary alicyclic amines) is 1. The Morgan fingerprint density at radius 2 is 1.95 bits per heavy atom. The average Bonchev–Trinajstić information content (AvgIpc) is 2.50. The first-order valence-corrected chi connectivity index (χ1v) is 8.21. The minimum Gasteiger partial charge on any atom is -0.346 e. The molecule has 0 spiro atoms. The molecule has 21 heavy (non-hydrogen) atoms. The summed E-state index contributed by atoms with van der Waals surface area (Å²) in [6, 6.07) is -0.239. The molecule has 1 aliphatic rings. The Labute approximate surface area is 128 Å². The number of piperidine rings is 1. The summed E-state index contributed by atoms with van der Waals surface area (Å²) in [5.41, 5.74) is 5.78. The van der Waals surface area contributed by atoms with Crippen LogP contribution in [0.1, 0.15) is 53.4 Å². The third kappa shape index (κ3) is 4.99. The molecule has 1 rings (SSSR count). The lowest BCUT2D eigenvalue weighted by Gasteiger charge is -2.39. The summed E-state index contributed by atoms with van der Waals surface area (Å²) in [4.78, 5) is 26.2. The monoisotopic (exact) mass is 297 g/mol. The Balaban J connectivity index is 2.54. The van der Waals surface area contributed by atoms with E-state index in [2.05, 4.69) is 19.2 Å². The van der Waals surface area contributed by atoms with Crippen LogP contribution in [0.3, 0.4) is 0 Å². The third-order valence-corrected chi connectivity index (χ3v) is 4.61. The Hall–Kier alpha value is -1.10. The molecule has 1 fully saturated rings. The van der Waals surface area contributed by atoms with Gasteiger partial charge in [-0.2, -0.15) is 0 Å². The van der Waals surface area contributed by atoms with Crippen LogP contribution in [-0.4, -0.2) is 41.9 Å². The lowest BCUT2D eigenvalue weighted by atomic mass is 9.90. The van der Waals surface area contributed by atoms with Crippen LogP contribution in [0.25, 0.3) is 0 Å². The normalized spacial score (nSPS) is 22.0. The van der Waals surface area contributed by atoms with Crippen molar-refractivity contribution in [1.82, 2.24) is 10.2 Å². The quantitative estimate of drug-likeness (QED) is 0.780. The van der Waals surface area contributed by atoms with E-state index in [-0.39, 0.29) is 24.3 Å². The van der Waals surface area contributed by atoms with Crippen molar-refractivity contribution in [3.05, 3.63) is 0 Å². The molecule has 0 radical (unpaired) electrons. The van der Waals surface area contributed by atoms with E-state index in [9.17, 15) is 9.59 Å². The Kier molecular flexibility index (Phi) is 7.15. The van der Waals surface area contributed by atoms with Gasteiger partial charge in [0.05, 0.1) is 12.6 Å². The number of nitrogens with zero attached hydrogens (tertiary/aromatic N) is 1. The minimum absolute atomic E-state index is 0.0179. The molecule has 122 valence electrons. The van der Waals surface area contributed by atoms with E-state index < -0.39 is 6.04 Å². The average molecular weight is 297 g/mol. The second kappa shape index (κ2) is 8.37. The molecule has 0 aromatic carbocycles. The van der Waals surface area contributed by atoms with Crippen molar-refractivity contribution < 1.29 is 9.59 Å². The molecule has 2 unspecified atom stereocenters. The van der Waals surface area contributed by atoms with Crippen LogP contribution in [0.5, 0.6) is 0 Å². The van der Waals surface area contributed by atoms with Crippen LogP contribution < -0.4 is 11.1 Å². The van der Waals surface area contributed by atoms with Crippen LogP contribution in [0.4, 0.5) is 0 Å². The first-order chi connectivity index (χ1) is 9.88. The van der Waals surface area contributed by atoms with E-state index >= 15 is 0 Å². The maximum Gasteiger partial charge on any atom is 0.242 e. The number of hydrogen-bond acceptors (Lipinski definition) is 3. The van der Waals surface area contributed by atoms with Gasteiger partial charge in [-0.1, -0.05) is 34.1 Å². The maximum atomic E-state index is 12.4. The fourth-order valence-corrected chi connectivity index (χ4v) is 2.82. The zero-order chi connectivity index (χ0) is 16.0. The molecule has 0 aromatic rings. The smallest absolute Gasteiger partial charge is 0.242 e. The van der Waals surface area contributed by atoms with E-state index in [1.165, 1.54) is 6.42 Å². The van der Waals surface area contributed by atoms with Gasteiger partial charge in [0, 0.05) is 12.6 Å². The van der Waals surface area contributed by atoms with Crippen molar-refractivity contribution >= 4 is 11.8 Å². The van der Waals surface area contributed by atoms with Crippen LogP contribution in [0.2, 0.25) is 0 Å². The summed E-state index contributed by atoms with van der Waals surface area (Å²) in [5.74, 6) is 0.352. The minimum atomic E-state index is -0.551. The molecule has 0 aliphatic carbocycles. The lowest BCUT2D eigenvalue weighted by Crippen LogP contribution is -2.52. The Morgan fingerprint density at radius 1 is 1.29 bits per heavy atom. The predicted molar refractivity (Wildman–Crippen MR) is 84.6 cm³/mol. The summed E-state index contributed by atoms with van der Waals surface area (Å²) in [7, 11) is 0. The summed E-state index contributed by atoms with van der Waals surface area (Å²) < 4.78 is 0. The van der Waals surface area contributed by atoms with Crippen molar-refractivity contribution in [3.8, 4) is 0 Å². The number of amides is 2. The Morgan fingerprint density at radius 3 is 2.52 bits per heavy atom. The first-order valence-electron chi connectivity index (χ1n) is 8.21. The van der Waals surface area contributed by atoms with Gasteiger partial charge in [0.2, 0.25) is 11.8 Å². The van der Waals surface area contributed by atoms with Gasteiger partial charge in [0.15, 0.2) is 0 Å². The van der Waals surface area contributed by atoms with Crippen molar-refractivity contribution in [3.63, 3.8) is 0 Å². The van der Waals surface area contributed by atoms with Crippen LogP contribution >= 0.6 is 0 Å². The van der Waals surface area contributed by atoms with E-state index in [0.29, 0.717) is 12.0 Å². The molecule has 3 N–H and O–H groups in total. The zero-order valence-electron chi connectivity index (χ0n) is 13.9. The molecular formula is C16H31N3O2. The number of nitrogens with two attached hydrogens (primary N) is 1. The topological polar surface area (TPSA) is 75.4 Å². The summed E-state index contributed by atoms with van der Waals surface area (Å²) in [6.45, 7) is 9.02. The molecule has 5 heteroatoms. The largest absolute Gasteiger partial charge is 0.346 e. The predicted octanol–water partition coefficient (Wildman–Crippen LogP) is 1.51. The molecule has 2 amide bonds. The van der Waals surface area contributed by atoms with Gasteiger partial charge in [-0.05, 0) is 31.1 Å². The molecule has 0 aromatic heterocycles. The van der Waals surface area contributed by atoms with Crippen molar-refractivity contribution in [2.75, 3.05) is 13.1 Å². The first kappa shape index (κ1) is 18.0. The van der Waals surface area contributed by atoms with E-state index in [1.807, 2.05) is 18.7 Å². The van der Waals surface area contributed by atoms with Crippen LogP contribution in [0, 0.1) is 11.8 Å². The molecule has 1 saturated heterocycles. The third-order valence-electron chi connectivity index (χ3n) is 4.61. The molecule has 0 bridgehead atoms. The molecule has 3 atom stereocenters. The zero-order valence-corrected chi connectivity index (χ0v) is 13.9. The molecule has 1 aliphatic heterocycles. The van der Waals surface area contributed by atoms with Gasteiger partial charge in [-0.3, -0.25) is 9.59 Å². The van der Waals surface area contributed by atoms with Gasteiger partial charge in [0.1, 0.15) is 0 Å². The standard InChI is InChI=1S/C16H31N3O2/c1-5-12(4)13-8-6-7-9-19(13)14(20)10-18-16(21)15(17)11(2)3/h11-13,15H,5-10,17H2,1-4H3,(H,18,21)/t12?,13?,15-/m0/s1. The van der Waals surface area contributed by atoms with Crippen molar-refractivity contribution in [2.45, 2.75) is 65.5 Å². The number of carbonyl (C=O) groups is 2. The highest BCUT2D eigenvalue weighted by Gasteiger charge is 2.30. The van der Waals surface area contributed by atoms with Crippen molar-refractivity contribution in [2.24, 2.45) is 17.6 Å². The van der Waals surface area contributed by atoms with E-state index in [4.69, 9.17) is 5.73 Å². The number of carbonyl (C=O) groups excluding carboxylic acids is 2. The summed E-state index contributed by atoms with van der Waals surface area (Å²) in [5, 5.41) is 2.68. The van der Waals surface area contributed by atoms with Crippen molar-refractivity contribution in [1.29, 1.82) is 0 Å². The highest BCUT2D eigenvalue weighted by Crippen LogP contribution is 2.25. The SMILES string of the molecule is CCC(C)C1CCCCN1C(=O)CNC(=O)[C@@H](N)C(C)C.